The molecule has 2 saturated heterocycles. The summed E-state index contributed by atoms with van der Waals surface area (Å²) in [4.78, 5) is 12.8. The highest BCUT2D eigenvalue weighted by Gasteiger charge is 2.47. The standard InChI is InChI=1S/C28H32O14/c1-11-21(31)23(33)25(35)27(39-11)38-10-19-22(32)24(34)26(36)28(42-19)40-14-7-15(29)20-16(30)9-17(41-18(20)8-14)12-3-5-13(37-2)6-4-12/h3-9,11,19,21-29,31-36H,10H2,1-2H3/t11-,19-,21-,22-,23-,24+,25-,26-,27-,28-/m1/s1. The van der Waals surface area contributed by atoms with Gasteiger partial charge in [-0.05, 0) is 31.2 Å². The number of aliphatic hydroxyl groups is 6. The van der Waals surface area contributed by atoms with E-state index in [0.29, 0.717) is 11.3 Å². The maximum Gasteiger partial charge on any atom is 0.229 e. The van der Waals surface area contributed by atoms with E-state index in [1.807, 2.05) is 0 Å². The average Bonchev–Trinajstić information content (AvgIpc) is 2.97. The van der Waals surface area contributed by atoms with Crippen LogP contribution in [-0.2, 0) is 14.2 Å². The van der Waals surface area contributed by atoms with Crippen LogP contribution in [0.5, 0.6) is 17.2 Å². The topological polar surface area (TPSA) is 218 Å². The van der Waals surface area contributed by atoms with Gasteiger partial charge in [-0.3, -0.25) is 4.79 Å². The first kappa shape index (κ1) is 30.2. The number of benzene rings is 2. The summed E-state index contributed by atoms with van der Waals surface area (Å²) in [7, 11) is 1.52. The number of ether oxygens (including phenoxy) is 5. The maximum atomic E-state index is 12.8. The van der Waals surface area contributed by atoms with Crippen LogP contribution >= 0.6 is 0 Å². The van der Waals surface area contributed by atoms with Crippen LogP contribution in [0, 0.1) is 0 Å². The largest absolute Gasteiger partial charge is 0.507 e. The van der Waals surface area contributed by atoms with Gasteiger partial charge in [-0.1, -0.05) is 0 Å². The molecule has 2 fully saturated rings. The lowest BCUT2D eigenvalue weighted by atomic mass is 9.98. The highest BCUT2D eigenvalue weighted by Crippen LogP contribution is 2.34. The van der Waals surface area contributed by atoms with Crippen LogP contribution in [0.1, 0.15) is 6.92 Å². The van der Waals surface area contributed by atoms with Crippen molar-refractivity contribution in [2.24, 2.45) is 0 Å². The zero-order valence-corrected chi connectivity index (χ0v) is 22.5. The molecule has 42 heavy (non-hydrogen) atoms. The third-order valence-corrected chi connectivity index (χ3v) is 7.31. The van der Waals surface area contributed by atoms with Gasteiger partial charge in [-0.2, -0.15) is 0 Å². The van der Waals surface area contributed by atoms with Crippen molar-refractivity contribution in [2.75, 3.05) is 13.7 Å². The molecule has 14 nitrogen and oxygen atoms in total. The van der Waals surface area contributed by atoms with E-state index < -0.39 is 79.2 Å². The molecule has 0 spiro atoms. The molecule has 14 heteroatoms. The van der Waals surface area contributed by atoms with Gasteiger partial charge >= 0.3 is 0 Å². The van der Waals surface area contributed by atoms with Crippen molar-refractivity contribution in [3.63, 3.8) is 0 Å². The molecule has 10 atom stereocenters. The van der Waals surface area contributed by atoms with Crippen molar-refractivity contribution in [1.29, 1.82) is 0 Å². The number of hydrogen-bond acceptors (Lipinski definition) is 14. The second-order valence-corrected chi connectivity index (χ2v) is 10.2. The molecule has 0 aliphatic carbocycles. The Bertz CT molecular complexity index is 1440. The molecule has 2 aromatic carbocycles. The summed E-state index contributed by atoms with van der Waals surface area (Å²) in [6.45, 7) is 0.984. The average molecular weight is 593 g/mol. The molecule has 2 aliphatic rings. The first-order valence-corrected chi connectivity index (χ1v) is 13.1. The number of aromatic hydroxyl groups is 1. The molecular weight excluding hydrogens is 560 g/mol. The van der Waals surface area contributed by atoms with Crippen LogP contribution < -0.4 is 14.9 Å². The summed E-state index contributed by atoms with van der Waals surface area (Å²) >= 11 is 0. The van der Waals surface area contributed by atoms with E-state index in [2.05, 4.69) is 0 Å². The summed E-state index contributed by atoms with van der Waals surface area (Å²) in [6.07, 6.45) is -14.8. The van der Waals surface area contributed by atoms with E-state index in [1.54, 1.807) is 24.3 Å². The van der Waals surface area contributed by atoms with E-state index in [4.69, 9.17) is 28.1 Å². The summed E-state index contributed by atoms with van der Waals surface area (Å²) in [6, 6.07) is 10.4. The fraction of sp³-hybridized carbons (Fsp3) is 0.464. The summed E-state index contributed by atoms with van der Waals surface area (Å²) < 4.78 is 33.2. The number of aliphatic hydroxyl groups excluding tert-OH is 6. The lowest BCUT2D eigenvalue weighted by Gasteiger charge is -2.42. The van der Waals surface area contributed by atoms with Gasteiger partial charge < -0.3 is 63.8 Å². The second-order valence-electron chi connectivity index (χ2n) is 10.2. The number of fused-ring (bicyclic) bond motifs is 1. The molecule has 7 N–H and O–H groups in total. The minimum absolute atomic E-state index is 0.0348. The first-order chi connectivity index (χ1) is 20.0. The maximum absolute atomic E-state index is 12.8. The number of rotatable bonds is 7. The Morgan fingerprint density at radius 1 is 0.786 bits per heavy atom. The number of methoxy groups -OCH3 is 1. The van der Waals surface area contributed by atoms with Crippen LogP contribution in [0.4, 0.5) is 0 Å². The van der Waals surface area contributed by atoms with Gasteiger partial charge in [0.2, 0.25) is 6.29 Å². The van der Waals surface area contributed by atoms with E-state index in [-0.39, 0.29) is 22.5 Å². The monoisotopic (exact) mass is 592 g/mol. The fourth-order valence-corrected chi connectivity index (χ4v) is 4.84. The summed E-state index contributed by atoms with van der Waals surface area (Å²) in [5, 5.41) is 71.9. The third-order valence-electron chi connectivity index (χ3n) is 7.31. The number of phenolic OH excluding ortho intramolecular Hbond substituents is 1. The second kappa shape index (κ2) is 12.1. The third kappa shape index (κ3) is 5.81. The van der Waals surface area contributed by atoms with Crippen molar-refractivity contribution in [1.82, 2.24) is 0 Å². The number of hydrogen-bond donors (Lipinski definition) is 7. The normalized spacial score (nSPS) is 33.4. The Balaban J connectivity index is 1.35. The Morgan fingerprint density at radius 2 is 1.45 bits per heavy atom. The minimum atomic E-state index is -1.76. The van der Waals surface area contributed by atoms with Crippen molar-refractivity contribution in [2.45, 2.75) is 68.3 Å². The summed E-state index contributed by atoms with van der Waals surface area (Å²) in [5.74, 6) is 0.238. The van der Waals surface area contributed by atoms with Crippen molar-refractivity contribution >= 4 is 11.0 Å². The highest BCUT2D eigenvalue weighted by molar-refractivity contribution is 5.86. The SMILES string of the molecule is COc1ccc(-c2cc(=O)c3c(O)cc(O[C@@H]4O[C@H](CO[C@@H]5O[C@H](C)[C@@H](O)[C@@H](O)[C@H]5O)[C@@H](O)[C@H](O)[C@H]4O)cc3o2)cc1. The van der Waals surface area contributed by atoms with Gasteiger partial charge in [0, 0.05) is 23.8 Å². The first-order valence-electron chi connectivity index (χ1n) is 13.1. The molecule has 3 heterocycles. The lowest BCUT2D eigenvalue weighted by molar-refractivity contribution is -0.318. The van der Waals surface area contributed by atoms with Gasteiger partial charge in [0.05, 0.1) is 19.8 Å². The Hall–Kier alpha value is -3.31. The van der Waals surface area contributed by atoms with E-state index in [1.165, 1.54) is 26.2 Å². The lowest BCUT2D eigenvalue weighted by Crippen LogP contribution is -2.61. The van der Waals surface area contributed by atoms with Crippen LogP contribution in [-0.4, -0.2) is 111 Å². The molecule has 0 radical (unpaired) electrons. The molecule has 0 amide bonds. The summed E-state index contributed by atoms with van der Waals surface area (Å²) in [5.41, 5.74) is 0.0115. The van der Waals surface area contributed by atoms with Crippen LogP contribution in [0.3, 0.4) is 0 Å². The molecule has 0 saturated carbocycles. The van der Waals surface area contributed by atoms with Gasteiger partial charge in [0.1, 0.15) is 76.7 Å². The molecule has 2 aliphatic heterocycles. The van der Waals surface area contributed by atoms with Crippen LogP contribution in [0.25, 0.3) is 22.3 Å². The Labute approximate surface area is 238 Å². The van der Waals surface area contributed by atoms with Gasteiger partial charge in [0.15, 0.2) is 11.7 Å². The van der Waals surface area contributed by atoms with Crippen molar-refractivity contribution in [3.8, 4) is 28.6 Å². The van der Waals surface area contributed by atoms with Gasteiger partial charge in [-0.25, -0.2) is 0 Å². The smallest absolute Gasteiger partial charge is 0.229 e. The highest BCUT2D eigenvalue weighted by atomic mass is 16.7. The quantitative estimate of drug-likeness (QED) is 0.179. The van der Waals surface area contributed by atoms with Gasteiger partial charge in [-0.15, -0.1) is 0 Å². The van der Waals surface area contributed by atoms with Crippen molar-refractivity contribution in [3.05, 3.63) is 52.7 Å². The molecule has 0 bridgehead atoms. The number of phenols is 1. The molecule has 228 valence electrons. The van der Waals surface area contributed by atoms with Crippen LogP contribution in [0.15, 0.2) is 51.7 Å². The van der Waals surface area contributed by atoms with E-state index in [9.17, 15) is 40.5 Å². The predicted octanol–water partition coefficient (Wildman–Crippen LogP) is -0.795. The van der Waals surface area contributed by atoms with Crippen LogP contribution in [0.2, 0.25) is 0 Å². The minimum Gasteiger partial charge on any atom is -0.507 e. The molecule has 3 aromatic rings. The molecule has 0 unspecified atom stereocenters. The van der Waals surface area contributed by atoms with Gasteiger partial charge in [0.25, 0.3) is 0 Å². The molecule has 1 aromatic heterocycles. The Morgan fingerprint density at radius 3 is 2.14 bits per heavy atom. The van der Waals surface area contributed by atoms with E-state index >= 15 is 0 Å². The zero-order chi connectivity index (χ0) is 30.3. The van der Waals surface area contributed by atoms with Crippen molar-refractivity contribution < 1.29 is 63.8 Å². The molecular formula is C28H32O14. The Kier molecular flexibility index (Phi) is 8.71. The zero-order valence-electron chi connectivity index (χ0n) is 22.5. The van der Waals surface area contributed by atoms with E-state index in [0.717, 1.165) is 6.07 Å². The fourth-order valence-electron chi connectivity index (χ4n) is 4.84. The molecule has 5 rings (SSSR count). The predicted molar refractivity (Wildman–Crippen MR) is 142 cm³/mol.